The highest BCUT2D eigenvalue weighted by Crippen LogP contribution is 2.43. The smallest absolute Gasteiger partial charge is 0.393 e. The molecule has 134 valence electrons. The average Bonchev–Trinajstić information content (AvgIpc) is 3.07. The number of aryl methyl sites for hydroxylation is 1. The molecule has 0 spiro atoms. The van der Waals surface area contributed by atoms with Gasteiger partial charge in [-0.2, -0.15) is 18.3 Å². The molecule has 1 aromatic rings. The van der Waals surface area contributed by atoms with Gasteiger partial charge in [0.05, 0.1) is 17.7 Å². The third-order valence-electron chi connectivity index (χ3n) is 5.21. The van der Waals surface area contributed by atoms with Gasteiger partial charge < -0.3 is 14.7 Å². The highest BCUT2D eigenvalue weighted by Gasteiger charge is 2.52. The molecule has 1 saturated carbocycles. The molecule has 1 aliphatic heterocycles. The Morgan fingerprint density at radius 2 is 2.17 bits per heavy atom. The maximum atomic E-state index is 12.9. The highest BCUT2D eigenvalue weighted by atomic mass is 19.4. The minimum atomic E-state index is -4.57. The van der Waals surface area contributed by atoms with Gasteiger partial charge in [0.2, 0.25) is 0 Å². The number of aromatic nitrogens is 2. The first kappa shape index (κ1) is 17.2. The normalized spacial score (nSPS) is 30.5. The summed E-state index contributed by atoms with van der Waals surface area (Å²) in [7, 11) is 2.73. The predicted octanol–water partition coefficient (Wildman–Crippen LogP) is 1.58. The van der Waals surface area contributed by atoms with Crippen molar-refractivity contribution in [2.45, 2.75) is 49.6 Å². The number of amides is 1. The van der Waals surface area contributed by atoms with Crippen molar-refractivity contribution in [3.63, 3.8) is 0 Å². The monoisotopic (exact) mass is 347 g/mol. The molecule has 2 unspecified atom stereocenters. The summed E-state index contributed by atoms with van der Waals surface area (Å²) in [6.45, 7) is 0.377. The molecule has 2 aliphatic rings. The van der Waals surface area contributed by atoms with E-state index < -0.39 is 29.5 Å². The van der Waals surface area contributed by atoms with Crippen LogP contribution in [0.25, 0.3) is 0 Å². The summed E-state index contributed by atoms with van der Waals surface area (Å²) in [5.74, 6) is -0.556. The van der Waals surface area contributed by atoms with Gasteiger partial charge in [0.25, 0.3) is 5.91 Å². The number of aliphatic hydroxyl groups excluding tert-OH is 1. The minimum Gasteiger partial charge on any atom is -0.393 e. The molecule has 1 aliphatic carbocycles. The summed E-state index contributed by atoms with van der Waals surface area (Å²) in [4.78, 5) is 14.2. The first-order valence-corrected chi connectivity index (χ1v) is 7.83. The van der Waals surface area contributed by atoms with Crippen molar-refractivity contribution in [2.24, 2.45) is 7.05 Å². The van der Waals surface area contributed by atoms with Crippen LogP contribution in [0.4, 0.5) is 13.2 Å². The maximum absolute atomic E-state index is 12.9. The van der Waals surface area contributed by atoms with Gasteiger partial charge in [0, 0.05) is 26.8 Å². The number of fused-ring (bicyclic) bond motifs is 1. The van der Waals surface area contributed by atoms with E-state index in [1.165, 1.54) is 4.90 Å². The molecule has 2 fully saturated rings. The van der Waals surface area contributed by atoms with E-state index in [1.54, 1.807) is 7.11 Å². The second-order valence-electron chi connectivity index (χ2n) is 6.50. The summed E-state index contributed by atoms with van der Waals surface area (Å²) in [5, 5.41) is 13.7. The van der Waals surface area contributed by atoms with Crippen LogP contribution in [0, 0.1) is 0 Å². The summed E-state index contributed by atoms with van der Waals surface area (Å²) in [6.07, 6.45) is -2.93. The fourth-order valence-corrected chi connectivity index (χ4v) is 3.90. The van der Waals surface area contributed by atoms with Crippen LogP contribution in [0.2, 0.25) is 0 Å². The quantitative estimate of drug-likeness (QED) is 0.882. The number of hydrogen-bond acceptors (Lipinski definition) is 4. The molecule has 3 atom stereocenters. The Morgan fingerprint density at radius 3 is 2.75 bits per heavy atom. The minimum absolute atomic E-state index is 0.239. The highest BCUT2D eigenvalue weighted by molar-refractivity contribution is 5.93. The first-order valence-electron chi connectivity index (χ1n) is 7.83. The Hall–Kier alpha value is -1.61. The number of rotatable bonds is 2. The lowest BCUT2D eigenvalue weighted by Crippen LogP contribution is -2.52. The van der Waals surface area contributed by atoms with Gasteiger partial charge in [-0.1, -0.05) is 0 Å². The molecule has 3 rings (SSSR count). The fourth-order valence-electron chi connectivity index (χ4n) is 3.90. The van der Waals surface area contributed by atoms with E-state index in [-0.39, 0.29) is 11.7 Å². The zero-order valence-electron chi connectivity index (χ0n) is 13.5. The van der Waals surface area contributed by atoms with Crippen LogP contribution in [0.5, 0.6) is 0 Å². The Labute approximate surface area is 137 Å². The zero-order chi connectivity index (χ0) is 17.7. The van der Waals surface area contributed by atoms with Crippen molar-refractivity contribution < 1.29 is 27.8 Å². The molecule has 9 heteroatoms. The molecule has 1 amide bonds. The molecule has 0 bridgehead atoms. The summed E-state index contributed by atoms with van der Waals surface area (Å²) < 4.78 is 45.0. The molecule has 24 heavy (non-hydrogen) atoms. The molecular weight excluding hydrogens is 327 g/mol. The summed E-state index contributed by atoms with van der Waals surface area (Å²) >= 11 is 0. The van der Waals surface area contributed by atoms with E-state index in [9.17, 15) is 23.1 Å². The largest absolute Gasteiger partial charge is 0.433 e. The number of carbonyl (C=O) groups excluding carboxylic acids is 1. The number of halogens is 3. The number of nitrogens with zero attached hydrogens (tertiary/aromatic N) is 3. The third-order valence-corrected chi connectivity index (χ3v) is 5.21. The van der Waals surface area contributed by atoms with Crippen LogP contribution >= 0.6 is 0 Å². The van der Waals surface area contributed by atoms with Gasteiger partial charge in [-0.3, -0.25) is 9.48 Å². The van der Waals surface area contributed by atoms with E-state index >= 15 is 0 Å². The third kappa shape index (κ3) is 2.69. The van der Waals surface area contributed by atoms with Crippen molar-refractivity contribution >= 4 is 5.91 Å². The molecule has 0 radical (unpaired) electrons. The Morgan fingerprint density at radius 1 is 1.46 bits per heavy atom. The van der Waals surface area contributed by atoms with Crippen molar-refractivity contribution in [2.75, 3.05) is 13.7 Å². The summed E-state index contributed by atoms with van der Waals surface area (Å²) in [5.41, 5.74) is -1.74. The number of hydrogen-bond donors (Lipinski definition) is 1. The standard InChI is InChI=1S/C15H20F3N3O3/c1-20-12(15(16,17)18)8-10(19-20)13(23)21-6-5-14(24-2)4-3-9(22)7-11(14)21/h8-9,11,22H,3-7H2,1-2H3/t9?,11?,14-/m1/s1. The molecule has 1 N–H and O–H groups in total. The van der Waals surface area contributed by atoms with Gasteiger partial charge in [-0.05, 0) is 25.7 Å². The van der Waals surface area contributed by atoms with Crippen LogP contribution in [0.3, 0.4) is 0 Å². The number of ether oxygens (including phenoxy) is 1. The van der Waals surface area contributed by atoms with E-state index in [2.05, 4.69) is 5.10 Å². The molecule has 1 aromatic heterocycles. The maximum Gasteiger partial charge on any atom is 0.433 e. The van der Waals surface area contributed by atoms with Crippen LogP contribution in [-0.4, -0.2) is 57.1 Å². The van der Waals surface area contributed by atoms with Crippen LogP contribution in [0.15, 0.2) is 6.07 Å². The summed E-state index contributed by atoms with van der Waals surface area (Å²) in [6, 6.07) is 0.420. The Bertz CT molecular complexity index is 646. The topological polar surface area (TPSA) is 67.6 Å². The Balaban J connectivity index is 1.88. The number of carbonyl (C=O) groups is 1. The fraction of sp³-hybridized carbons (Fsp3) is 0.733. The molecule has 0 aromatic carbocycles. The van der Waals surface area contributed by atoms with Gasteiger partial charge in [-0.15, -0.1) is 0 Å². The molecule has 1 saturated heterocycles. The number of methoxy groups -OCH3 is 1. The van der Waals surface area contributed by atoms with Crippen LogP contribution in [-0.2, 0) is 18.0 Å². The molecule has 6 nitrogen and oxygen atoms in total. The second-order valence-corrected chi connectivity index (χ2v) is 6.50. The molecular formula is C15H20F3N3O3. The lowest BCUT2D eigenvalue weighted by molar-refractivity contribution is -0.143. The van der Waals surface area contributed by atoms with Gasteiger partial charge in [-0.25, -0.2) is 0 Å². The van der Waals surface area contributed by atoms with Crippen LogP contribution in [0.1, 0.15) is 41.9 Å². The van der Waals surface area contributed by atoms with Gasteiger partial charge in [0.15, 0.2) is 5.69 Å². The van der Waals surface area contributed by atoms with Crippen molar-refractivity contribution in [3.8, 4) is 0 Å². The van der Waals surface area contributed by atoms with E-state index in [0.29, 0.717) is 36.9 Å². The average molecular weight is 347 g/mol. The van der Waals surface area contributed by atoms with Crippen molar-refractivity contribution in [1.82, 2.24) is 14.7 Å². The lowest BCUT2D eigenvalue weighted by atomic mass is 9.79. The predicted molar refractivity (Wildman–Crippen MR) is 77.2 cm³/mol. The van der Waals surface area contributed by atoms with Gasteiger partial charge in [0.1, 0.15) is 5.69 Å². The lowest BCUT2D eigenvalue weighted by Gasteiger charge is -2.42. The second kappa shape index (κ2) is 5.73. The number of likely N-dealkylation sites (tertiary alicyclic amines) is 1. The first-order chi connectivity index (χ1) is 11.2. The number of alkyl halides is 3. The van der Waals surface area contributed by atoms with E-state index in [4.69, 9.17) is 4.74 Å². The van der Waals surface area contributed by atoms with Gasteiger partial charge >= 0.3 is 6.18 Å². The van der Waals surface area contributed by atoms with Crippen molar-refractivity contribution in [3.05, 3.63) is 17.5 Å². The Kier molecular flexibility index (Phi) is 4.11. The molecule has 2 heterocycles. The SMILES string of the molecule is CO[C@@]12CCC(O)CC1N(C(=O)c1cc(C(F)(F)F)n(C)n1)CC2. The van der Waals surface area contributed by atoms with Crippen LogP contribution < -0.4 is 0 Å². The zero-order valence-corrected chi connectivity index (χ0v) is 13.5. The van der Waals surface area contributed by atoms with Crippen molar-refractivity contribution in [1.29, 1.82) is 0 Å². The van der Waals surface area contributed by atoms with E-state index in [1.807, 2.05) is 0 Å². The van der Waals surface area contributed by atoms with E-state index in [0.717, 1.165) is 13.1 Å². The number of aliphatic hydroxyl groups is 1.